The van der Waals surface area contributed by atoms with Gasteiger partial charge in [-0.05, 0) is 143 Å². The third kappa shape index (κ3) is 11.6. The molecule has 0 unspecified atom stereocenters. The predicted molar refractivity (Wildman–Crippen MR) is 264 cm³/mol. The SMILES string of the molecule is CCCOc1c2cccc1Cc1cc(C(=O)Nc3ccc(Br)cc3)cc(c1OCCC)Cc1cccc(c1OCCC)Cc1cc(C(=O)Nc3ccc(Br)cc3)cc(c1OCCC)C2. The number of rotatable bonds is 16. The van der Waals surface area contributed by atoms with Crippen molar-refractivity contribution in [1.82, 2.24) is 0 Å². The molecule has 0 radical (unpaired) electrons. The Labute approximate surface area is 394 Å². The Balaban J connectivity index is 1.46. The van der Waals surface area contributed by atoms with Gasteiger partial charge < -0.3 is 29.6 Å². The van der Waals surface area contributed by atoms with E-state index in [0.29, 0.717) is 74.6 Å². The van der Waals surface area contributed by atoms with Crippen molar-refractivity contribution >= 4 is 55.0 Å². The van der Waals surface area contributed by atoms with E-state index in [0.717, 1.165) is 102 Å². The molecule has 6 aromatic rings. The second-order valence-electron chi connectivity index (χ2n) is 16.1. The second kappa shape index (κ2) is 22.4. The van der Waals surface area contributed by atoms with E-state index in [4.69, 9.17) is 18.9 Å². The van der Waals surface area contributed by atoms with Crippen LogP contribution in [0.15, 0.2) is 118 Å². The van der Waals surface area contributed by atoms with E-state index < -0.39 is 0 Å². The van der Waals surface area contributed by atoms with Gasteiger partial charge in [-0.2, -0.15) is 0 Å². The molecule has 0 saturated carbocycles. The molecule has 0 heterocycles. The van der Waals surface area contributed by atoms with Crippen LogP contribution >= 0.6 is 31.9 Å². The van der Waals surface area contributed by atoms with Gasteiger partial charge in [0.15, 0.2) is 0 Å². The average Bonchev–Trinajstić information content (AvgIpc) is 3.29. The fourth-order valence-corrected chi connectivity index (χ4v) is 8.51. The van der Waals surface area contributed by atoms with Gasteiger partial charge >= 0.3 is 0 Å². The van der Waals surface area contributed by atoms with Crippen molar-refractivity contribution in [2.75, 3.05) is 37.1 Å². The number of amides is 2. The van der Waals surface area contributed by atoms with E-state index in [-0.39, 0.29) is 11.8 Å². The van der Waals surface area contributed by atoms with E-state index in [1.165, 1.54) is 0 Å². The van der Waals surface area contributed by atoms with Crippen molar-refractivity contribution in [1.29, 1.82) is 0 Å². The van der Waals surface area contributed by atoms with E-state index in [9.17, 15) is 9.59 Å². The lowest BCUT2D eigenvalue weighted by molar-refractivity contribution is 0.101. The first kappa shape index (κ1) is 46.4. The van der Waals surface area contributed by atoms with Gasteiger partial charge in [-0.1, -0.05) is 96.0 Å². The maximum absolute atomic E-state index is 14.2. The van der Waals surface area contributed by atoms with E-state index >= 15 is 0 Å². The minimum Gasteiger partial charge on any atom is -0.493 e. The molecule has 1 aliphatic carbocycles. The quantitative estimate of drug-likeness (QED) is 0.100. The van der Waals surface area contributed by atoms with Crippen molar-refractivity contribution in [3.63, 3.8) is 0 Å². The molecular weight excluding hydrogens is 932 g/mol. The molecular formula is C54H56Br2N2O6. The fraction of sp³-hybridized carbons (Fsp3) is 0.296. The van der Waals surface area contributed by atoms with Gasteiger partial charge in [0.05, 0.1) is 26.4 Å². The molecule has 64 heavy (non-hydrogen) atoms. The zero-order valence-electron chi connectivity index (χ0n) is 37.1. The lowest BCUT2D eigenvalue weighted by Gasteiger charge is -2.23. The van der Waals surface area contributed by atoms with Crippen LogP contribution < -0.4 is 29.6 Å². The Hall–Kier alpha value is -5.58. The number of carbonyl (C=O) groups is 2. The first-order valence-electron chi connectivity index (χ1n) is 22.4. The Bertz CT molecular complexity index is 2300. The highest BCUT2D eigenvalue weighted by molar-refractivity contribution is 9.10. The summed E-state index contributed by atoms with van der Waals surface area (Å²) in [6.45, 7) is 10.4. The summed E-state index contributed by atoms with van der Waals surface area (Å²) in [6, 6.07) is 35.5. The molecule has 7 rings (SSSR count). The fourth-order valence-electron chi connectivity index (χ4n) is 7.98. The van der Waals surface area contributed by atoms with Crippen molar-refractivity contribution < 1.29 is 28.5 Å². The van der Waals surface area contributed by atoms with Crippen molar-refractivity contribution in [2.24, 2.45) is 0 Å². The second-order valence-corrected chi connectivity index (χ2v) is 17.9. The smallest absolute Gasteiger partial charge is 0.255 e. The number of carbonyl (C=O) groups excluding carboxylic acids is 2. The van der Waals surface area contributed by atoms with Gasteiger partial charge in [0.1, 0.15) is 23.0 Å². The number of benzene rings is 6. The Morgan fingerprint density at radius 1 is 0.422 bits per heavy atom. The minimum atomic E-state index is -0.216. The molecule has 0 aliphatic heterocycles. The largest absolute Gasteiger partial charge is 0.493 e. The Kier molecular flexibility index (Phi) is 16.2. The number of hydrogen-bond donors (Lipinski definition) is 2. The minimum absolute atomic E-state index is 0.216. The summed E-state index contributed by atoms with van der Waals surface area (Å²) >= 11 is 7.01. The van der Waals surface area contributed by atoms with Gasteiger partial charge in [0.2, 0.25) is 0 Å². The molecule has 8 nitrogen and oxygen atoms in total. The third-order valence-corrected chi connectivity index (χ3v) is 12.0. The highest BCUT2D eigenvalue weighted by atomic mass is 79.9. The standard InChI is InChI=1S/C54H56Br2N2O6/c1-5-23-61-49-35-11-9-12-36(49)28-40-32-44(54(60)58-48-21-17-46(56)18-22-48)34-42(52(40)64-26-8-4)30-38-14-10-13-37(50(38)62-24-6-2)29-41-33-43(31-39(27-35)51(41)63-25-7-3)53(59)57-47-19-15-45(55)16-20-47/h9-22,31-34H,5-8,23-30H2,1-4H3,(H,57,59)(H,58,60). The molecule has 0 spiro atoms. The summed E-state index contributed by atoms with van der Waals surface area (Å²) in [5.41, 5.74) is 9.82. The molecule has 8 bridgehead atoms. The van der Waals surface area contributed by atoms with Crippen LogP contribution in [0.1, 0.15) is 119 Å². The van der Waals surface area contributed by atoms with Crippen molar-refractivity contribution in [3.05, 3.63) is 174 Å². The Morgan fingerprint density at radius 3 is 0.953 bits per heavy atom. The molecule has 6 aromatic carbocycles. The number of hydrogen-bond acceptors (Lipinski definition) is 6. The molecule has 1 aliphatic rings. The van der Waals surface area contributed by atoms with Crippen LogP contribution in [-0.2, 0) is 25.7 Å². The average molecular weight is 989 g/mol. The molecule has 0 atom stereocenters. The van der Waals surface area contributed by atoms with E-state index in [1.54, 1.807) is 0 Å². The van der Waals surface area contributed by atoms with Gasteiger partial charge in [-0.3, -0.25) is 9.59 Å². The summed E-state index contributed by atoms with van der Waals surface area (Å²) in [7, 11) is 0. The van der Waals surface area contributed by atoms with Gasteiger partial charge in [0.25, 0.3) is 11.8 Å². The molecule has 2 N–H and O–H groups in total. The normalized spacial score (nSPS) is 12.0. The first-order valence-corrected chi connectivity index (χ1v) is 23.9. The number of nitrogens with one attached hydrogen (secondary N) is 2. The highest BCUT2D eigenvalue weighted by Gasteiger charge is 2.25. The number of para-hydroxylation sites is 2. The summed E-state index contributed by atoms with van der Waals surface area (Å²) in [5, 5.41) is 6.24. The van der Waals surface area contributed by atoms with Gasteiger partial charge in [-0.25, -0.2) is 0 Å². The van der Waals surface area contributed by atoms with Crippen LogP contribution in [0.25, 0.3) is 0 Å². The number of ether oxygens (including phenoxy) is 4. The molecule has 0 fully saturated rings. The van der Waals surface area contributed by atoms with Crippen LogP contribution in [-0.4, -0.2) is 38.2 Å². The van der Waals surface area contributed by atoms with Crippen molar-refractivity contribution in [3.8, 4) is 23.0 Å². The monoisotopic (exact) mass is 986 g/mol. The van der Waals surface area contributed by atoms with Crippen LogP contribution in [0.2, 0.25) is 0 Å². The maximum atomic E-state index is 14.2. The lowest BCUT2D eigenvalue weighted by atomic mass is 9.89. The summed E-state index contributed by atoms with van der Waals surface area (Å²) in [6.07, 6.45) is 5.03. The predicted octanol–water partition coefficient (Wildman–Crippen LogP) is 13.5. The number of halogens is 2. The maximum Gasteiger partial charge on any atom is 0.255 e. The number of fused-ring (bicyclic) bond motifs is 8. The van der Waals surface area contributed by atoms with Crippen LogP contribution in [0.5, 0.6) is 23.0 Å². The van der Waals surface area contributed by atoms with Crippen LogP contribution in [0.4, 0.5) is 11.4 Å². The molecule has 2 amide bonds. The Morgan fingerprint density at radius 2 is 0.688 bits per heavy atom. The highest BCUT2D eigenvalue weighted by Crippen LogP contribution is 2.40. The zero-order valence-corrected chi connectivity index (χ0v) is 40.3. The van der Waals surface area contributed by atoms with Crippen LogP contribution in [0.3, 0.4) is 0 Å². The molecule has 0 aromatic heterocycles. The summed E-state index contributed by atoms with van der Waals surface area (Å²) < 4.78 is 28.7. The van der Waals surface area contributed by atoms with E-state index in [2.05, 4.69) is 107 Å². The molecule has 10 heteroatoms. The molecule has 332 valence electrons. The third-order valence-electron chi connectivity index (χ3n) is 10.9. The summed E-state index contributed by atoms with van der Waals surface area (Å²) in [4.78, 5) is 28.5. The van der Waals surface area contributed by atoms with Gasteiger partial charge in [-0.15, -0.1) is 0 Å². The molecule has 0 saturated heterocycles. The lowest BCUT2D eigenvalue weighted by Crippen LogP contribution is -2.15. The summed E-state index contributed by atoms with van der Waals surface area (Å²) in [5.74, 6) is 2.64. The topological polar surface area (TPSA) is 95.1 Å². The zero-order chi connectivity index (χ0) is 45.0. The van der Waals surface area contributed by atoms with Gasteiger partial charge in [0, 0.05) is 57.1 Å². The number of anilines is 2. The van der Waals surface area contributed by atoms with E-state index in [1.807, 2.05) is 72.8 Å². The van der Waals surface area contributed by atoms with Crippen LogP contribution in [0, 0.1) is 0 Å². The van der Waals surface area contributed by atoms with Crippen molar-refractivity contribution in [2.45, 2.75) is 79.1 Å². The first-order chi connectivity index (χ1) is 31.2.